The number of rotatable bonds is 3. The molecule has 2 aromatic rings. The lowest BCUT2D eigenvalue weighted by atomic mass is 10.4. The number of hydrogen-bond acceptors (Lipinski definition) is 8. The van der Waals surface area contributed by atoms with Gasteiger partial charge in [-0.25, -0.2) is 4.79 Å². The molecule has 2 rings (SSSR count). The lowest BCUT2D eigenvalue weighted by Crippen LogP contribution is -2.31. The first kappa shape index (κ1) is 13.4. The number of fused-ring (bicyclic) bond motifs is 1. The number of H-pyrrole nitrogens is 1. The molecule has 0 unspecified atom stereocenters. The van der Waals surface area contributed by atoms with E-state index in [1.807, 2.05) is 4.98 Å². The summed E-state index contributed by atoms with van der Waals surface area (Å²) in [5.74, 6) is 0. The third kappa shape index (κ3) is 1.95. The Bertz CT molecular complexity index is 819. The Morgan fingerprint density at radius 1 is 1.26 bits per heavy atom. The van der Waals surface area contributed by atoms with Gasteiger partial charge in [0.15, 0.2) is 5.52 Å². The zero-order valence-corrected chi connectivity index (χ0v) is 11.5. The summed E-state index contributed by atoms with van der Waals surface area (Å²) in [4.78, 5) is 44.4. The maximum absolute atomic E-state index is 11.5. The van der Waals surface area contributed by atoms with Crippen LogP contribution in [0, 0.1) is 20.2 Å². The smallest absolute Gasteiger partial charge is 0.340 e. The Kier molecular flexibility index (Phi) is 3.23. The molecule has 0 saturated carbocycles. The number of aromatic nitrogens is 2. The van der Waals surface area contributed by atoms with Crippen LogP contribution >= 0.6 is 34.3 Å². The van der Waals surface area contributed by atoms with E-state index in [4.69, 9.17) is 0 Å². The fourth-order valence-corrected chi connectivity index (χ4v) is 2.74. The van der Waals surface area contributed by atoms with E-state index in [0.29, 0.717) is 16.1 Å². The van der Waals surface area contributed by atoms with Gasteiger partial charge in [0.1, 0.15) is 4.70 Å². The maximum atomic E-state index is 11.5. The van der Waals surface area contributed by atoms with Crippen molar-refractivity contribution in [2.75, 3.05) is 0 Å². The molecule has 11 nitrogen and oxygen atoms in total. The minimum atomic E-state index is -1.07. The summed E-state index contributed by atoms with van der Waals surface area (Å²) < 4.78 is 4.66. The summed E-state index contributed by atoms with van der Waals surface area (Å²) in [5.41, 5.74) is -3.51. The number of thiophene rings is 1. The largest absolute Gasteiger partial charge is 0.404 e. The highest BCUT2D eigenvalue weighted by Gasteiger charge is 2.36. The number of nitrogens with zero attached hydrogens (tertiary/aromatic N) is 3. The minimum Gasteiger partial charge on any atom is -0.340 e. The van der Waals surface area contributed by atoms with Crippen LogP contribution in [0.1, 0.15) is 0 Å². The summed E-state index contributed by atoms with van der Waals surface area (Å²) in [6.07, 6.45) is 0. The Hall–Kier alpha value is -2.03. The van der Waals surface area contributed by atoms with E-state index >= 15 is 0 Å². The van der Waals surface area contributed by atoms with Gasteiger partial charge in [-0.3, -0.25) is 30.0 Å². The molecular weight excluding hydrogens is 399 g/mol. The second-order valence-corrected chi connectivity index (χ2v) is 4.46. The Balaban J connectivity index is 3.14. The fraction of sp³-hybridized carbons (Fsp3) is 0. The second kappa shape index (κ2) is 4.57. The van der Waals surface area contributed by atoms with E-state index in [2.05, 4.69) is 3.17 Å². The topological polar surface area (TPSA) is 150 Å². The third-order valence-corrected chi connectivity index (χ3v) is 3.58. The minimum absolute atomic E-state index is 0.298. The summed E-state index contributed by atoms with van der Waals surface area (Å²) in [6.45, 7) is 0. The molecule has 19 heavy (non-hydrogen) atoms. The Morgan fingerprint density at radius 2 is 1.89 bits per heavy atom. The molecule has 0 atom stereocenters. The van der Waals surface area contributed by atoms with Crippen LogP contribution in [0.15, 0.2) is 9.59 Å². The maximum Gasteiger partial charge on any atom is 0.404 e. The van der Waals surface area contributed by atoms with Crippen LogP contribution < -0.4 is 14.4 Å². The molecule has 2 heterocycles. The number of aromatic amines is 1. The number of nitro groups is 2. The molecule has 0 aromatic carbocycles. The molecule has 100 valence electrons. The van der Waals surface area contributed by atoms with Crippen molar-refractivity contribution in [2.45, 2.75) is 0 Å². The molecular formula is C6HIN4O7S. The zero-order valence-electron chi connectivity index (χ0n) is 8.49. The molecule has 0 radical (unpaired) electrons. The molecule has 0 aliphatic heterocycles. The van der Waals surface area contributed by atoms with E-state index in [1.54, 1.807) is 0 Å². The van der Waals surface area contributed by atoms with E-state index in [1.165, 1.54) is 23.0 Å². The van der Waals surface area contributed by atoms with Crippen LogP contribution in [0.3, 0.4) is 0 Å². The van der Waals surface area contributed by atoms with E-state index in [9.17, 15) is 29.8 Å². The van der Waals surface area contributed by atoms with Crippen molar-refractivity contribution < 1.29 is 13.0 Å². The zero-order chi connectivity index (χ0) is 14.3. The normalized spacial score (nSPS) is 10.6. The molecule has 13 heteroatoms. The van der Waals surface area contributed by atoms with Crippen molar-refractivity contribution in [3.63, 3.8) is 0 Å². The first-order valence-corrected chi connectivity index (χ1v) is 5.98. The predicted octanol–water partition coefficient (Wildman–Crippen LogP) is 0.346. The summed E-state index contributed by atoms with van der Waals surface area (Å²) in [7, 11) is 0. The first-order chi connectivity index (χ1) is 8.88. The predicted molar refractivity (Wildman–Crippen MR) is 70.6 cm³/mol. The lowest BCUT2D eigenvalue weighted by molar-refractivity contribution is -0.418. The highest BCUT2D eigenvalue weighted by atomic mass is 127. The van der Waals surface area contributed by atoms with Gasteiger partial charge in [-0.2, -0.15) is 0 Å². The second-order valence-electron chi connectivity index (χ2n) is 3.07. The van der Waals surface area contributed by atoms with Gasteiger partial charge in [0, 0.05) is 0 Å². The number of halogens is 1. The molecule has 0 saturated heterocycles. The quantitative estimate of drug-likeness (QED) is 0.444. The van der Waals surface area contributed by atoms with Crippen LogP contribution in [0.25, 0.3) is 10.2 Å². The van der Waals surface area contributed by atoms with Gasteiger partial charge in [-0.15, -0.1) is 4.73 Å². The van der Waals surface area contributed by atoms with Crippen LogP contribution in [-0.2, 0) is 0 Å². The van der Waals surface area contributed by atoms with Crippen molar-refractivity contribution in [3.05, 3.63) is 41.1 Å². The van der Waals surface area contributed by atoms with Crippen LogP contribution in [0.5, 0.6) is 0 Å². The van der Waals surface area contributed by atoms with Gasteiger partial charge in [0.2, 0.25) is 23.0 Å². The van der Waals surface area contributed by atoms with Gasteiger partial charge in [-0.1, -0.05) is 0 Å². The molecule has 0 aliphatic carbocycles. The van der Waals surface area contributed by atoms with Crippen molar-refractivity contribution in [1.82, 2.24) is 9.71 Å². The average Bonchev–Trinajstić information content (AvgIpc) is 2.70. The summed E-state index contributed by atoms with van der Waals surface area (Å²) in [5, 5.41) is 20.8. The molecule has 0 amide bonds. The summed E-state index contributed by atoms with van der Waals surface area (Å²) in [6, 6.07) is 0. The van der Waals surface area contributed by atoms with Crippen molar-refractivity contribution in [2.24, 2.45) is 0 Å². The fourth-order valence-electron chi connectivity index (χ4n) is 1.40. The van der Waals surface area contributed by atoms with Crippen molar-refractivity contribution in [3.8, 4) is 0 Å². The molecule has 0 fully saturated rings. The molecule has 2 aromatic heterocycles. The van der Waals surface area contributed by atoms with Crippen molar-refractivity contribution in [1.29, 1.82) is 0 Å². The highest BCUT2D eigenvalue weighted by molar-refractivity contribution is 14.1. The molecule has 0 bridgehead atoms. The van der Waals surface area contributed by atoms with Gasteiger partial charge in [-0.05, 0) is 11.3 Å². The van der Waals surface area contributed by atoms with Gasteiger partial charge in [0.05, 0.1) is 9.85 Å². The van der Waals surface area contributed by atoms with E-state index in [-0.39, 0.29) is 4.70 Å². The standard InChI is InChI=1S/C6HIN4O7S/c7-18-9-1-2(10(14)15)5(11(16)17)19-3(1)4(12)8-6(9)13/h(H,8,12,13). The van der Waals surface area contributed by atoms with Crippen LogP contribution in [0.4, 0.5) is 10.7 Å². The van der Waals surface area contributed by atoms with E-state index < -0.39 is 37.3 Å². The Morgan fingerprint density at radius 3 is 2.37 bits per heavy atom. The van der Waals surface area contributed by atoms with Crippen LogP contribution in [-0.4, -0.2) is 19.6 Å². The Labute approximate surface area is 119 Å². The third-order valence-electron chi connectivity index (χ3n) is 2.07. The highest BCUT2D eigenvalue weighted by Crippen LogP contribution is 2.40. The number of hydrogen-bond donors (Lipinski definition) is 1. The molecule has 0 aliphatic rings. The number of nitrogens with one attached hydrogen (secondary N) is 1. The van der Waals surface area contributed by atoms with Gasteiger partial charge in [0.25, 0.3) is 5.56 Å². The summed E-state index contributed by atoms with van der Waals surface area (Å²) >= 11 is 1.56. The molecule has 1 N–H and O–H groups in total. The average molecular weight is 400 g/mol. The monoisotopic (exact) mass is 400 g/mol. The lowest BCUT2D eigenvalue weighted by Gasteiger charge is -2.00. The van der Waals surface area contributed by atoms with Gasteiger partial charge < -0.3 is 3.17 Å². The van der Waals surface area contributed by atoms with Crippen molar-refractivity contribution >= 4 is 55.2 Å². The van der Waals surface area contributed by atoms with Gasteiger partial charge >= 0.3 is 16.4 Å². The van der Waals surface area contributed by atoms with Crippen LogP contribution in [0.2, 0.25) is 0 Å². The first-order valence-electron chi connectivity index (χ1n) is 4.28. The van der Waals surface area contributed by atoms with E-state index in [0.717, 1.165) is 0 Å². The molecule has 0 spiro atoms. The SMILES string of the molecule is O=c1[nH]c(=O)n(OI)c2c([N+](=O)[O-])c([N+](=O)[O-])sc12.